The van der Waals surface area contributed by atoms with Gasteiger partial charge in [0.15, 0.2) is 0 Å². The molecule has 80 valence electrons. The number of fused-ring (bicyclic) bond motifs is 1. The smallest absolute Gasteiger partial charge is 0.123 e. The lowest BCUT2D eigenvalue weighted by Crippen LogP contribution is -2.17. The van der Waals surface area contributed by atoms with Crippen molar-refractivity contribution in [3.8, 4) is 0 Å². The Kier molecular flexibility index (Phi) is 2.76. The molecule has 2 aromatic rings. The molecule has 0 saturated heterocycles. The van der Waals surface area contributed by atoms with Crippen LogP contribution >= 0.6 is 11.3 Å². The molecule has 1 aromatic heterocycles. The van der Waals surface area contributed by atoms with Gasteiger partial charge in [-0.3, -0.25) is 0 Å². The van der Waals surface area contributed by atoms with Crippen molar-refractivity contribution in [3.05, 3.63) is 34.5 Å². The van der Waals surface area contributed by atoms with E-state index in [1.54, 1.807) is 17.4 Å². The van der Waals surface area contributed by atoms with Gasteiger partial charge in [0.1, 0.15) is 5.82 Å². The highest BCUT2D eigenvalue weighted by atomic mass is 32.1. The molecule has 0 saturated carbocycles. The summed E-state index contributed by atoms with van der Waals surface area (Å²) in [6.07, 6.45) is 0.815. The molecule has 3 heteroatoms. The van der Waals surface area contributed by atoms with Crippen molar-refractivity contribution in [2.24, 2.45) is 5.73 Å². The molecule has 2 rings (SSSR count). The minimum atomic E-state index is -0.175. The molecule has 15 heavy (non-hydrogen) atoms. The van der Waals surface area contributed by atoms with Gasteiger partial charge in [0.05, 0.1) is 0 Å². The molecule has 1 atom stereocenters. The van der Waals surface area contributed by atoms with E-state index in [1.807, 2.05) is 13.0 Å². The summed E-state index contributed by atoms with van der Waals surface area (Å²) in [6.45, 7) is 4.04. The van der Waals surface area contributed by atoms with E-state index >= 15 is 0 Å². The van der Waals surface area contributed by atoms with Crippen LogP contribution in [0, 0.1) is 12.7 Å². The molecule has 1 unspecified atom stereocenters. The summed E-state index contributed by atoms with van der Waals surface area (Å²) in [6, 6.07) is 5.07. The number of thiophene rings is 1. The fraction of sp³-hybridized carbons (Fsp3) is 0.333. The predicted molar refractivity (Wildman–Crippen MR) is 63.9 cm³/mol. The first kappa shape index (κ1) is 10.6. The molecule has 1 nitrogen and oxygen atoms in total. The van der Waals surface area contributed by atoms with Gasteiger partial charge in [0.2, 0.25) is 0 Å². The number of benzene rings is 1. The number of aryl methyl sites for hydroxylation is 1. The van der Waals surface area contributed by atoms with Gasteiger partial charge in [-0.1, -0.05) is 0 Å². The number of hydrogen-bond acceptors (Lipinski definition) is 2. The lowest BCUT2D eigenvalue weighted by atomic mass is 10.0. The molecule has 1 aromatic carbocycles. The molecule has 1 heterocycles. The quantitative estimate of drug-likeness (QED) is 0.831. The summed E-state index contributed by atoms with van der Waals surface area (Å²) in [7, 11) is 0. The normalized spacial score (nSPS) is 13.3. The molecule has 0 radical (unpaired) electrons. The van der Waals surface area contributed by atoms with E-state index in [0.717, 1.165) is 16.5 Å². The SMILES string of the molecule is Cc1sc2ccc(F)cc2c1CC(C)N. The molecule has 0 aliphatic heterocycles. The fourth-order valence-corrected chi connectivity index (χ4v) is 2.89. The standard InChI is InChI=1S/C12H14FNS/c1-7(14)5-10-8(2)15-12-4-3-9(13)6-11(10)12/h3-4,6-7H,5,14H2,1-2H3. The number of rotatable bonds is 2. The van der Waals surface area contributed by atoms with Crippen LogP contribution in [-0.4, -0.2) is 6.04 Å². The maximum absolute atomic E-state index is 13.1. The second-order valence-corrected chi connectivity index (χ2v) is 5.22. The lowest BCUT2D eigenvalue weighted by Gasteiger charge is -2.05. The average Bonchev–Trinajstić information content (AvgIpc) is 2.43. The minimum absolute atomic E-state index is 0.116. The fourth-order valence-electron chi connectivity index (χ4n) is 1.82. The maximum atomic E-state index is 13.1. The van der Waals surface area contributed by atoms with Gasteiger partial charge in [-0.15, -0.1) is 11.3 Å². The summed E-state index contributed by atoms with van der Waals surface area (Å²) in [5, 5.41) is 1.02. The zero-order chi connectivity index (χ0) is 11.0. The highest BCUT2D eigenvalue weighted by molar-refractivity contribution is 7.19. The van der Waals surface area contributed by atoms with Crippen molar-refractivity contribution in [1.82, 2.24) is 0 Å². The van der Waals surface area contributed by atoms with Crippen molar-refractivity contribution in [3.63, 3.8) is 0 Å². The summed E-state index contributed by atoms with van der Waals surface area (Å²) >= 11 is 1.71. The number of hydrogen-bond donors (Lipinski definition) is 1. The summed E-state index contributed by atoms with van der Waals surface area (Å²) in [4.78, 5) is 1.24. The van der Waals surface area contributed by atoms with Crippen LogP contribution in [0.15, 0.2) is 18.2 Å². The Morgan fingerprint density at radius 1 is 1.47 bits per heavy atom. The Bertz CT molecular complexity index is 488. The highest BCUT2D eigenvalue weighted by Gasteiger charge is 2.11. The topological polar surface area (TPSA) is 26.0 Å². The van der Waals surface area contributed by atoms with Crippen molar-refractivity contribution < 1.29 is 4.39 Å². The zero-order valence-electron chi connectivity index (χ0n) is 8.88. The van der Waals surface area contributed by atoms with Gasteiger partial charge in [0, 0.05) is 15.6 Å². The van der Waals surface area contributed by atoms with Crippen LogP contribution in [0.2, 0.25) is 0 Å². The Hall–Kier alpha value is -0.930. The zero-order valence-corrected chi connectivity index (χ0v) is 9.70. The third-order valence-corrected chi connectivity index (χ3v) is 3.61. The lowest BCUT2D eigenvalue weighted by molar-refractivity contribution is 0.629. The van der Waals surface area contributed by atoms with Crippen LogP contribution in [0.25, 0.3) is 10.1 Å². The van der Waals surface area contributed by atoms with Crippen molar-refractivity contribution in [2.75, 3.05) is 0 Å². The molecular weight excluding hydrogens is 209 g/mol. The van der Waals surface area contributed by atoms with Gasteiger partial charge >= 0.3 is 0 Å². The Labute approximate surface area is 92.7 Å². The third kappa shape index (κ3) is 2.03. The minimum Gasteiger partial charge on any atom is -0.328 e. The molecule has 0 fully saturated rings. The first-order valence-corrected chi connectivity index (χ1v) is 5.82. The largest absolute Gasteiger partial charge is 0.328 e. The first-order valence-electron chi connectivity index (χ1n) is 5.01. The Morgan fingerprint density at radius 3 is 2.87 bits per heavy atom. The maximum Gasteiger partial charge on any atom is 0.123 e. The molecular formula is C12H14FNS. The van der Waals surface area contributed by atoms with Crippen LogP contribution < -0.4 is 5.73 Å². The monoisotopic (exact) mass is 223 g/mol. The van der Waals surface area contributed by atoms with Crippen LogP contribution in [0.1, 0.15) is 17.4 Å². The van der Waals surface area contributed by atoms with E-state index in [1.165, 1.54) is 16.5 Å². The van der Waals surface area contributed by atoms with Gasteiger partial charge in [-0.05, 0) is 49.4 Å². The highest BCUT2D eigenvalue weighted by Crippen LogP contribution is 2.31. The molecule has 0 bridgehead atoms. The number of nitrogens with two attached hydrogens (primary N) is 1. The molecule has 0 aliphatic rings. The van der Waals surface area contributed by atoms with E-state index in [4.69, 9.17) is 5.73 Å². The van der Waals surface area contributed by atoms with Gasteiger partial charge in [-0.2, -0.15) is 0 Å². The van der Waals surface area contributed by atoms with Gasteiger partial charge in [0.25, 0.3) is 0 Å². The van der Waals surface area contributed by atoms with Crippen LogP contribution in [-0.2, 0) is 6.42 Å². The van der Waals surface area contributed by atoms with E-state index < -0.39 is 0 Å². The Balaban J connectivity index is 2.60. The third-order valence-electron chi connectivity index (χ3n) is 2.48. The van der Waals surface area contributed by atoms with Crippen molar-refractivity contribution >= 4 is 21.4 Å². The molecule has 0 amide bonds. The van der Waals surface area contributed by atoms with E-state index in [2.05, 4.69) is 6.92 Å². The van der Waals surface area contributed by atoms with Crippen molar-refractivity contribution in [2.45, 2.75) is 26.3 Å². The average molecular weight is 223 g/mol. The number of halogens is 1. The van der Waals surface area contributed by atoms with E-state index in [0.29, 0.717) is 0 Å². The molecule has 0 aliphatic carbocycles. The second-order valence-electron chi connectivity index (χ2n) is 3.96. The molecule has 2 N–H and O–H groups in total. The second kappa shape index (κ2) is 3.91. The van der Waals surface area contributed by atoms with Crippen LogP contribution in [0.4, 0.5) is 4.39 Å². The van der Waals surface area contributed by atoms with Crippen LogP contribution in [0.3, 0.4) is 0 Å². The van der Waals surface area contributed by atoms with Gasteiger partial charge in [-0.25, -0.2) is 4.39 Å². The first-order chi connectivity index (χ1) is 7.08. The summed E-state index contributed by atoms with van der Waals surface area (Å²) in [5.74, 6) is -0.175. The van der Waals surface area contributed by atoms with Crippen molar-refractivity contribution in [1.29, 1.82) is 0 Å². The predicted octanol–water partition coefficient (Wildman–Crippen LogP) is 3.24. The summed E-state index contributed by atoms with van der Waals surface area (Å²) in [5.41, 5.74) is 6.99. The van der Waals surface area contributed by atoms with E-state index in [9.17, 15) is 4.39 Å². The van der Waals surface area contributed by atoms with E-state index in [-0.39, 0.29) is 11.9 Å². The molecule has 0 spiro atoms. The summed E-state index contributed by atoms with van der Waals surface area (Å²) < 4.78 is 14.3. The Morgan fingerprint density at radius 2 is 2.20 bits per heavy atom. The van der Waals surface area contributed by atoms with Gasteiger partial charge < -0.3 is 5.73 Å². The van der Waals surface area contributed by atoms with Crippen LogP contribution in [0.5, 0.6) is 0 Å².